The number of hydrogen-bond donors (Lipinski definition) is 2. The van der Waals surface area contributed by atoms with E-state index in [1.807, 2.05) is 30.3 Å². The lowest BCUT2D eigenvalue weighted by atomic mass is 9.95. The van der Waals surface area contributed by atoms with Crippen molar-refractivity contribution in [3.8, 4) is 0 Å². The second kappa shape index (κ2) is 9.70. The van der Waals surface area contributed by atoms with E-state index in [9.17, 15) is 14.4 Å². The number of esters is 1. The molecule has 6 nitrogen and oxygen atoms in total. The molecule has 0 heterocycles. The fraction of sp³-hybridized carbons (Fsp3) is 0.500. The topological polar surface area (TPSA) is 84.5 Å². The number of benzene rings is 1. The molecule has 2 rings (SSSR count). The molecule has 1 aliphatic carbocycles. The van der Waals surface area contributed by atoms with Gasteiger partial charge in [-0.25, -0.2) is 0 Å². The van der Waals surface area contributed by atoms with Crippen molar-refractivity contribution < 1.29 is 19.1 Å². The molecule has 2 N–H and O–H groups in total. The first kappa shape index (κ1) is 18.0. The molecule has 2 amide bonds. The van der Waals surface area contributed by atoms with Gasteiger partial charge in [-0.2, -0.15) is 0 Å². The molecule has 1 saturated carbocycles. The average Bonchev–Trinajstić information content (AvgIpc) is 2.60. The molecule has 0 aromatic heterocycles. The van der Waals surface area contributed by atoms with Crippen LogP contribution in [0.15, 0.2) is 30.3 Å². The highest BCUT2D eigenvalue weighted by atomic mass is 16.5. The minimum Gasteiger partial charge on any atom is -0.454 e. The SMILES string of the molecule is O=C(Cc1ccccc1)NCC(=O)OCC(=O)NC1CCCCC1. The van der Waals surface area contributed by atoms with Gasteiger partial charge in [0.05, 0.1) is 6.42 Å². The van der Waals surface area contributed by atoms with E-state index in [1.54, 1.807) is 0 Å². The van der Waals surface area contributed by atoms with E-state index in [4.69, 9.17) is 4.74 Å². The second-order valence-electron chi connectivity index (χ2n) is 6.00. The third kappa shape index (κ3) is 6.81. The Labute approximate surface area is 142 Å². The smallest absolute Gasteiger partial charge is 0.325 e. The summed E-state index contributed by atoms with van der Waals surface area (Å²) in [6.07, 6.45) is 5.63. The molecule has 0 spiro atoms. The Morgan fingerprint density at radius 2 is 1.71 bits per heavy atom. The molecule has 0 saturated heterocycles. The number of rotatable bonds is 7. The molecule has 1 aromatic rings. The Hall–Kier alpha value is -2.37. The average molecular weight is 332 g/mol. The molecular weight excluding hydrogens is 308 g/mol. The number of hydrogen-bond acceptors (Lipinski definition) is 4. The molecule has 0 radical (unpaired) electrons. The van der Waals surface area contributed by atoms with Gasteiger partial charge in [-0.05, 0) is 18.4 Å². The predicted octanol–water partition coefficient (Wildman–Crippen LogP) is 1.34. The third-order valence-electron chi connectivity index (χ3n) is 3.97. The van der Waals surface area contributed by atoms with Crippen molar-refractivity contribution in [1.82, 2.24) is 10.6 Å². The van der Waals surface area contributed by atoms with Crippen molar-refractivity contribution in [3.63, 3.8) is 0 Å². The van der Waals surface area contributed by atoms with Crippen LogP contribution in [0.2, 0.25) is 0 Å². The summed E-state index contributed by atoms with van der Waals surface area (Å²) in [7, 11) is 0. The number of ether oxygens (including phenoxy) is 1. The van der Waals surface area contributed by atoms with Crippen LogP contribution in [0.5, 0.6) is 0 Å². The summed E-state index contributed by atoms with van der Waals surface area (Å²) in [4.78, 5) is 35.0. The second-order valence-corrected chi connectivity index (χ2v) is 6.00. The first-order chi connectivity index (χ1) is 11.6. The maximum atomic E-state index is 11.7. The lowest BCUT2D eigenvalue weighted by molar-refractivity contribution is -0.148. The highest BCUT2D eigenvalue weighted by molar-refractivity contribution is 5.85. The lowest BCUT2D eigenvalue weighted by Crippen LogP contribution is -2.39. The Balaban J connectivity index is 1.58. The molecule has 1 aliphatic rings. The molecule has 1 aromatic carbocycles. The Kier molecular flexibility index (Phi) is 7.26. The van der Waals surface area contributed by atoms with Gasteiger partial charge < -0.3 is 15.4 Å². The van der Waals surface area contributed by atoms with E-state index < -0.39 is 5.97 Å². The summed E-state index contributed by atoms with van der Waals surface area (Å²) >= 11 is 0. The van der Waals surface area contributed by atoms with Gasteiger partial charge in [0.15, 0.2) is 6.61 Å². The quantitative estimate of drug-likeness (QED) is 0.738. The van der Waals surface area contributed by atoms with Crippen molar-refractivity contribution in [2.75, 3.05) is 13.2 Å². The van der Waals surface area contributed by atoms with Gasteiger partial charge >= 0.3 is 5.97 Å². The number of carbonyl (C=O) groups is 3. The number of nitrogens with one attached hydrogen (secondary N) is 2. The summed E-state index contributed by atoms with van der Waals surface area (Å²) in [6.45, 7) is -0.535. The third-order valence-corrected chi connectivity index (χ3v) is 3.97. The molecule has 24 heavy (non-hydrogen) atoms. The summed E-state index contributed by atoms with van der Waals surface area (Å²) < 4.78 is 4.88. The predicted molar refractivity (Wildman–Crippen MR) is 89.1 cm³/mol. The van der Waals surface area contributed by atoms with Gasteiger partial charge in [0.2, 0.25) is 5.91 Å². The zero-order valence-corrected chi connectivity index (χ0v) is 13.8. The fourth-order valence-electron chi connectivity index (χ4n) is 2.73. The number of amides is 2. The van der Waals surface area contributed by atoms with Crippen LogP contribution in [0.25, 0.3) is 0 Å². The monoisotopic (exact) mass is 332 g/mol. The summed E-state index contributed by atoms with van der Waals surface area (Å²) in [5.41, 5.74) is 0.871. The first-order valence-corrected chi connectivity index (χ1v) is 8.39. The summed E-state index contributed by atoms with van der Waals surface area (Å²) in [5, 5.41) is 5.36. The van der Waals surface area contributed by atoms with E-state index >= 15 is 0 Å². The van der Waals surface area contributed by atoms with Crippen molar-refractivity contribution in [3.05, 3.63) is 35.9 Å². The van der Waals surface area contributed by atoms with Crippen molar-refractivity contribution in [2.24, 2.45) is 0 Å². The summed E-state index contributed by atoms with van der Waals surface area (Å²) in [6, 6.07) is 9.44. The molecular formula is C18H24N2O4. The van der Waals surface area contributed by atoms with E-state index in [1.165, 1.54) is 6.42 Å². The largest absolute Gasteiger partial charge is 0.454 e. The zero-order valence-electron chi connectivity index (χ0n) is 13.8. The van der Waals surface area contributed by atoms with Gasteiger partial charge in [0.25, 0.3) is 5.91 Å². The number of carbonyl (C=O) groups excluding carboxylic acids is 3. The molecule has 0 atom stereocenters. The van der Waals surface area contributed by atoms with E-state index in [0.29, 0.717) is 0 Å². The van der Waals surface area contributed by atoms with Crippen LogP contribution in [0.4, 0.5) is 0 Å². The van der Waals surface area contributed by atoms with Gasteiger partial charge in [-0.1, -0.05) is 49.6 Å². The maximum absolute atomic E-state index is 11.7. The molecule has 0 bridgehead atoms. The standard InChI is InChI=1S/C18H24N2O4/c21-16(11-14-7-3-1-4-8-14)19-12-18(23)24-13-17(22)20-15-9-5-2-6-10-15/h1,3-4,7-8,15H,2,5-6,9-13H2,(H,19,21)(H,20,22). The van der Waals surface area contributed by atoms with Gasteiger partial charge in [0, 0.05) is 6.04 Å². The fourth-order valence-corrected chi connectivity index (χ4v) is 2.73. The molecule has 1 fully saturated rings. The van der Waals surface area contributed by atoms with E-state index in [0.717, 1.165) is 31.2 Å². The van der Waals surface area contributed by atoms with Gasteiger partial charge in [-0.15, -0.1) is 0 Å². The minimum absolute atomic E-state index is 0.190. The molecule has 0 unspecified atom stereocenters. The molecule has 6 heteroatoms. The highest BCUT2D eigenvalue weighted by Crippen LogP contribution is 2.17. The van der Waals surface area contributed by atoms with Crippen LogP contribution in [-0.4, -0.2) is 37.0 Å². The Morgan fingerprint density at radius 3 is 2.42 bits per heavy atom. The maximum Gasteiger partial charge on any atom is 0.325 e. The van der Waals surface area contributed by atoms with Crippen LogP contribution in [0.3, 0.4) is 0 Å². The van der Waals surface area contributed by atoms with Crippen LogP contribution >= 0.6 is 0 Å². The van der Waals surface area contributed by atoms with Crippen molar-refractivity contribution >= 4 is 17.8 Å². The van der Waals surface area contributed by atoms with E-state index in [-0.39, 0.29) is 37.4 Å². The molecule has 0 aliphatic heterocycles. The van der Waals surface area contributed by atoms with E-state index in [2.05, 4.69) is 10.6 Å². The van der Waals surface area contributed by atoms with Crippen LogP contribution < -0.4 is 10.6 Å². The van der Waals surface area contributed by atoms with Crippen LogP contribution in [0, 0.1) is 0 Å². The summed E-state index contributed by atoms with van der Waals surface area (Å²) in [5.74, 6) is -1.16. The van der Waals surface area contributed by atoms with Crippen molar-refractivity contribution in [1.29, 1.82) is 0 Å². The van der Waals surface area contributed by atoms with Crippen LogP contribution in [-0.2, 0) is 25.5 Å². The van der Waals surface area contributed by atoms with Gasteiger partial charge in [-0.3, -0.25) is 14.4 Å². The molecule has 130 valence electrons. The van der Waals surface area contributed by atoms with Gasteiger partial charge in [0.1, 0.15) is 6.54 Å². The van der Waals surface area contributed by atoms with Crippen LogP contribution in [0.1, 0.15) is 37.7 Å². The Bertz CT molecular complexity index is 553. The Morgan fingerprint density at radius 1 is 1.00 bits per heavy atom. The minimum atomic E-state index is -0.616. The zero-order chi connectivity index (χ0) is 17.2. The van der Waals surface area contributed by atoms with Crippen molar-refractivity contribution in [2.45, 2.75) is 44.6 Å². The first-order valence-electron chi connectivity index (χ1n) is 8.39. The normalized spacial score (nSPS) is 14.7. The highest BCUT2D eigenvalue weighted by Gasteiger charge is 2.16. The lowest BCUT2D eigenvalue weighted by Gasteiger charge is -2.22.